The Balaban J connectivity index is 1.97. The maximum atomic E-state index is 3.52. The SMILES string of the molecule is C1CNC2CCNC2C1. The Hall–Kier alpha value is -0.0800. The molecule has 2 atom stereocenters. The summed E-state index contributed by atoms with van der Waals surface area (Å²) in [6.45, 7) is 2.46. The highest BCUT2D eigenvalue weighted by atomic mass is 15.1. The van der Waals surface area contributed by atoms with Crippen LogP contribution in [0.25, 0.3) is 0 Å². The van der Waals surface area contributed by atoms with Crippen molar-refractivity contribution in [2.45, 2.75) is 31.3 Å². The largest absolute Gasteiger partial charge is 0.312 e. The van der Waals surface area contributed by atoms with Gasteiger partial charge in [0.25, 0.3) is 0 Å². The predicted octanol–water partition coefficient (Wildman–Crippen LogP) is 0.100. The van der Waals surface area contributed by atoms with Gasteiger partial charge in [0.2, 0.25) is 0 Å². The number of hydrogen-bond acceptors (Lipinski definition) is 2. The average molecular weight is 126 g/mol. The van der Waals surface area contributed by atoms with Crippen molar-refractivity contribution >= 4 is 0 Å². The summed E-state index contributed by atoms with van der Waals surface area (Å²) < 4.78 is 0. The number of fused-ring (bicyclic) bond motifs is 1. The van der Waals surface area contributed by atoms with Crippen LogP contribution in [0.1, 0.15) is 19.3 Å². The van der Waals surface area contributed by atoms with E-state index < -0.39 is 0 Å². The smallest absolute Gasteiger partial charge is 0.0233 e. The lowest BCUT2D eigenvalue weighted by molar-refractivity contribution is 0.365. The van der Waals surface area contributed by atoms with Gasteiger partial charge in [-0.25, -0.2) is 0 Å². The van der Waals surface area contributed by atoms with Gasteiger partial charge in [0, 0.05) is 12.1 Å². The van der Waals surface area contributed by atoms with E-state index in [1.54, 1.807) is 0 Å². The third-order valence-corrected chi connectivity index (χ3v) is 2.45. The van der Waals surface area contributed by atoms with Crippen LogP contribution in [0.3, 0.4) is 0 Å². The molecule has 2 heterocycles. The van der Waals surface area contributed by atoms with Gasteiger partial charge in [-0.05, 0) is 32.4 Å². The Bertz CT molecular complexity index is 91.1. The minimum atomic E-state index is 0.804. The minimum Gasteiger partial charge on any atom is -0.312 e. The highest BCUT2D eigenvalue weighted by Crippen LogP contribution is 2.15. The van der Waals surface area contributed by atoms with Crippen LogP contribution in [0.2, 0.25) is 0 Å². The first kappa shape index (κ1) is 5.69. The molecule has 0 bridgehead atoms. The molecule has 2 fully saturated rings. The molecular weight excluding hydrogens is 112 g/mol. The second-order valence-electron chi connectivity index (χ2n) is 3.05. The highest BCUT2D eigenvalue weighted by Gasteiger charge is 2.28. The third kappa shape index (κ3) is 0.970. The molecule has 2 saturated heterocycles. The maximum Gasteiger partial charge on any atom is 0.0233 e. The first-order chi connectivity index (χ1) is 4.47. The van der Waals surface area contributed by atoms with Gasteiger partial charge in [-0.3, -0.25) is 0 Å². The fraction of sp³-hybridized carbons (Fsp3) is 1.00. The zero-order valence-electron chi connectivity index (χ0n) is 5.69. The quantitative estimate of drug-likeness (QED) is 0.481. The summed E-state index contributed by atoms with van der Waals surface area (Å²) in [5.41, 5.74) is 0. The second-order valence-corrected chi connectivity index (χ2v) is 3.05. The van der Waals surface area contributed by atoms with E-state index in [0.29, 0.717) is 0 Å². The Morgan fingerprint density at radius 1 is 0.889 bits per heavy atom. The molecule has 0 aromatic heterocycles. The number of hydrogen-bond donors (Lipinski definition) is 2. The summed E-state index contributed by atoms with van der Waals surface area (Å²) in [5.74, 6) is 0. The van der Waals surface area contributed by atoms with E-state index in [1.807, 2.05) is 0 Å². The van der Waals surface area contributed by atoms with E-state index in [9.17, 15) is 0 Å². The van der Waals surface area contributed by atoms with Crippen LogP contribution in [0.4, 0.5) is 0 Å². The molecule has 2 rings (SSSR count). The molecule has 0 saturated carbocycles. The molecule has 2 N–H and O–H groups in total. The van der Waals surface area contributed by atoms with Gasteiger partial charge < -0.3 is 10.6 Å². The molecule has 2 aliphatic rings. The van der Waals surface area contributed by atoms with Gasteiger partial charge in [-0.15, -0.1) is 0 Å². The molecule has 2 unspecified atom stereocenters. The monoisotopic (exact) mass is 126 g/mol. The lowest BCUT2D eigenvalue weighted by Gasteiger charge is -2.25. The van der Waals surface area contributed by atoms with Crippen LogP contribution in [-0.2, 0) is 0 Å². The van der Waals surface area contributed by atoms with Gasteiger partial charge in [0.1, 0.15) is 0 Å². The Morgan fingerprint density at radius 3 is 2.56 bits per heavy atom. The molecule has 0 aromatic rings. The summed E-state index contributed by atoms with van der Waals surface area (Å²) >= 11 is 0. The fourth-order valence-electron chi connectivity index (χ4n) is 1.92. The Kier molecular flexibility index (Phi) is 1.44. The van der Waals surface area contributed by atoms with E-state index in [0.717, 1.165) is 12.1 Å². The molecule has 0 amide bonds. The summed E-state index contributed by atoms with van der Waals surface area (Å²) in [4.78, 5) is 0. The molecule has 0 aliphatic carbocycles. The molecule has 0 spiro atoms. The van der Waals surface area contributed by atoms with Crippen molar-refractivity contribution in [3.05, 3.63) is 0 Å². The summed E-state index contributed by atoms with van der Waals surface area (Å²) in [6, 6.07) is 1.61. The van der Waals surface area contributed by atoms with Crippen molar-refractivity contribution in [1.82, 2.24) is 10.6 Å². The van der Waals surface area contributed by atoms with Gasteiger partial charge in [-0.1, -0.05) is 0 Å². The molecule has 2 aliphatic heterocycles. The number of nitrogens with one attached hydrogen (secondary N) is 2. The van der Waals surface area contributed by atoms with E-state index >= 15 is 0 Å². The maximum absolute atomic E-state index is 3.52. The van der Waals surface area contributed by atoms with Crippen LogP contribution in [0.5, 0.6) is 0 Å². The first-order valence-electron chi connectivity index (χ1n) is 3.93. The zero-order chi connectivity index (χ0) is 6.10. The van der Waals surface area contributed by atoms with Crippen LogP contribution in [-0.4, -0.2) is 25.2 Å². The van der Waals surface area contributed by atoms with Crippen LogP contribution >= 0.6 is 0 Å². The lowest BCUT2D eigenvalue weighted by atomic mass is 10.0. The zero-order valence-corrected chi connectivity index (χ0v) is 5.69. The van der Waals surface area contributed by atoms with Crippen LogP contribution in [0.15, 0.2) is 0 Å². The second kappa shape index (κ2) is 2.27. The molecule has 2 heteroatoms. The van der Waals surface area contributed by atoms with Crippen molar-refractivity contribution in [2.75, 3.05) is 13.1 Å². The third-order valence-electron chi connectivity index (χ3n) is 2.45. The average Bonchev–Trinajstić information content (AvgIpc) is 2.33. The van der Waals surface area contributed by atoms with Crippen molar-refractivity contribution < 1.29 is 0 Å². The Labute approximate surface area is 56.0 Å². The Morgan fingerprint density at radius 2 is 1.67 bits per heavy atom. The van der Waals surface area contributed by atoms with Gasteiger partial charge in [0.15, 0.2) is 0 Å². The summed E-state index contributed by atoms with van der Waals surface area (Å²) in [7, 11) is 0. The van der Waals surface area contributed by atoms with E-state index in [1.165, 1.54) is 32.4 Å². The van der Waals surface area contributed by atoms with Crippen molar-refractivity contribution in [2.24, 2.45) is 0 Å². The van der Waals surface area contributed by atoms with Crippen molar-refractivity contribution in [3.8, 4) is 0 Å². The van der Waals surface area contributed by atoms with Crippen molar-refractivity contribution in [3.63, 3.8) is 0 Å². The van der Waals surface area contributed by atoms with E-state index in [2.05, 4.69) is 10.6 Å². The topological polar surface area (TPSA) is 24.1 Å². The van der Waals surface area contributed by atoms with Crippen molar-refractivity contribution in [1.29, 1.82) is 0 Å². The molecule has 9 heavy (non-hydrogen) atoms. The normalized spacial score (nSPS) is 42.7. The lowest BCUT2D eigenvalue weighted by Crippen LogP contribution is -2.45. The van der Waals surface area contributed by atoms with E-state index in [-0.39, 0.29) is 0 Å². The van der Waals surface area contributed by atoms with Gasteiger partial charge in [-0.2, -0.15) is 0 Å². The molecular formula is C7H14N2. The standard InChI is InChI=1S/C7H14N2/c1-2-6-7(8-4-1)3-5-9-6/h6-9H,1-5H2. The minimum absolute atomic E-state index is 0.804. The van der Waals surface area contributed by atoms with Crippen LogP contribution in [0, 0.1) is 0 Å². The molecule has 0 radical (unpaired) electrons. The molecule has 0 aromatic carbocycles. The summed E-state index contributed by atoms with van der Waals surface area (Å²) in [6.07, 6.45) is 4.08. The molecule has 2 nitrogen and oxygen atoms in total. The predicted molar refractivity (Wildman–Crippen MR) is 37.4 cm³/mol. The number of piperidine rings is 1. The van der Waals surface area contributed by atoms with E-state index in [4.69, 9.17) is 0 Å². The number of rotatable bonds is 0. The fourth-order valence-corrected chi connectivity index (χ4v) is 1.92. The van der Waals surface area contributed by atoms with Gasteiger partial charge >= 0.3 is 0 Å². The van der Waals surface area contributed by atoms with Gasteiger partial charge in [0.05, 0.1) is 0 Å². The highest BCUT2D eigenvalue weighted by molar-refractivity contribution is 4.91. The molecule has 52 valence electrons. The van der Waals surface area contributed by atoms with Crippen LogP contribution < -0.4 is 10.6 Å². The first-order valence-corrected chi connectivity index (χ1v) is 3.93. The summed E-state index contributed by atoms with van der Waals surface area (Å²) in [5, 5.41) is 7.01.